The molecule has 1 N–H and O–H groups in total. The molecule has 0 unspecified atom stereocenters. The van der Waals surface area contributed by atoms with Crippen LogP contribution in [0.3, 0.4) is 0 Å². The summed E-state index contributed by atoms with van der Waals surface area (Å²) in [6.45, 7) is 2.71. The van der Waals surface area contributed by atoms with Gasteiger partial charge in [-0.2, -0.15) is 5.10 Å². The molecule has 2 aromatic carbocycles. The monoisotopic (exact) mass is 357 g/mol. The fourth-order valence-electron chi connectivity index (χ4n) is 3.32. The van der Waals surface area contributed by atoms with Crippen LogP contribution < -0.4 is 0 Å². The molecule has 5 heteroatoms. The topological polar surface area (TPSA) is 68.0 Å². The number of hydrogen-bond acceptors (Lipinski definition) is 3. The van der Waals surface area contributed by atoms with E-state index in [0.29, 0.717) is 18.5 Å². The van der Waals surface area contributed by atoms with E-state index in [9.17, 15) is 9.90 Å². The Morgan fingerprint density at radius 1 is 1.11 bits per heavy atom. The van der Waals surface area contributed by atoms with Gasteiger partial charge in [-0.05, 0) is 36.2 Å². The molecule has 2 heterocycles. The second-order valence-electron chi connectivity index (χ2n) is 6.63. The van der Waals surface area contributed by atoms with Crippen LogP contribution in [0.2, 0.25) is 0 Å². The highest BCUT2D eigenvalue weighted by molar-refractivity contribution is 5.90. The summed E-state index contributed by atoms with van der Waals surface area (Å²) in [6, 6.07) is 18.0. The highest BCUT2D eigenvalue weighted by Crippen LogP contribution is 2.24. The van der Waals surface area contributed by atoms with Gasteiger partial charge < -0.3 is 5.11 Å². The molecule has 0 saturated carbocycles. The summed E-state index contributed by atoms with van der Waals surface area (Å²) in [5, 5.41) is 15.3. The molecule has 5 nitrogen and oxygen atoms in total. The summed E-state index contributed by atoms with van der Waals surface area (Å²) in [7, 11) is 0. The van der Waals surface area contributed by atoms with Gasteiger partial charge in [-0.1, -0.05) is 42.0 Å². The maximum Gasteiger partial charge on any atom is 0.336 e. The van der Waals surface area contributed by atoms with E-state index in [1.807, 2.05) is 29.8 Å². The van der Waals surface area contributed by atoms with Crippen molar-refractivity contribution in [3.8, 4) is 0 Å². The van der Waals surface area contributed by atoms with E-state index in [0.717, 1.165) is 22.2 Å². The maximum absolute atomic E-state index is 11.5. The Morgan fingerprint density at radius 3 is 2.70 bits per heavy atom. The van der Waals surface area contributed by atoms with E-state index < -0.39 is 5.97 Å². The van der Waals surface area contributed by atoms with Crippen LogP contribution >= 0.6 is 0 Å². The van der Waals surface area contributed by atoms with Crippen LogP contribution in [0.25, 0.3) is 10.9 Å². The van der Waals surface area contributed by atoms with Crippen molar-refractivity contribution in [2.45, 2.75) is 19.9 Å². The lowest BCUT2D eigenvalue weighted by Crippen LogP contribution is -2.05. The lowest BCUT2D eigenvalue weighted by Gasteiger charge is -2.04. The number of rotatable bonds is 5. The molecule has 0 aliphatic rings. The van der Waals surface area contributed by atoms with Crippen LogP contribution in [0, 0.1) is 6.92 Å². The Labute approximate surface area is 156 Å². The molecule has 134 valence electrons. The number of carboxylic acids is 1. The molecule has 2 aromatic heterocycles. The predicted molar refractivity (Wildman–Crippen MR) is 104 cm³/mol. The molecule has 0 radical (unpaired) electrons. The Hall–Kier alpha value is -3.47. The zero-order valence-electron chi connectivity index (χ0n) is 15.0. The van der Waals surface area contributed by atoms with Gasteiger partial charge in [-0.3, -0.25) is 9.67 Å². The first-order chi connectivity index (χ1) is 13.1. The number of fused-ring (bicyclic) bond motifs is 1. The lowest BCUT2D eigenvalue weighted by atomic mass is 10.0. The number of aromatic nitrogens is 3. The highest BCUT2D eigenvalue weighted by atomic mass is 16.4. The first kappa shape index (κ1) is 17.0. The second kappa shape index (κ2) is 7.03. The van der Waals surface area contributed by atoms with Crippen molar-refractivity contribution in [3.63, 3.8) is 0 Å². The van der Waals surface area contributed by atoms with Crippen molar-refractivity contribution >= 4 is 16.9 Å². The van der Waals surface area contributed by atoms with Crippen LogP contribution in [0.5, 0.6) is 0 Å². The normalized spacial score (nSPS) is 11.0. The number of pyridine rings is 1. The van der Waals surface area contributed by atoms with Crippen molar-refractivity contribution in [3.05, 3.63) is 94.9 Å². The number of aromatic carboxylic acids is 1. The zero-order valence-corrected chi connectivity index (χ0v) is 15.0. The molecular weight excluding hydrogens is 338 g/mol. The number of benzene rings is 2. The van der Waals surface area contributed by atoms with Gasteiger partial charge >= 0.3 is 5.97 Å². The van der Waals surface area contributed by atoms with Crippen molar-refractivity contribution < 1.29 is 9.90 Å². The minimum absolute atomic E-state index is 0.267. The molecule has 0 fully saturated rings. The number of nitrogens with zero attached hydrogens (tertiary/aromatic N) is 3. The molecule has 27 heavy (non-hydrogen) atoms. The Bertz CT molecular complexity index is 1120. The van der Waals surface area contributed by atoms with E-state index in [4.69, 9.17) is 5.10 Å². The van der Waals surface area contributed by atoms with Gasteiger partial charge in [0.15, 0.2) is 0 Å². The SMILES string of the molecule is Cc1ccc2c(c1)c(Cc1cnccc1C(=O)O)nn2Cc1ccccc1. The lowest BCUT2D eigenvalue weighted by molar-refractivity contribution is 0.0695. The summed E-state index contributed by atoms with van der Waals surface area (Å²) >= 11 is 0. The maximum atomic E-state index is 11.5. The van der Waals surface area contributed by atoms with Crippen LogP contribution in [-0.4, -0.2) is 25.8 Å². The van der Waals surface area contributed by atoms with Gasteiger partial charge in [0.05, 0.1) is 23.3 Å². The highest BCUT2D eigenvalue weighted by Gasteiger charge is 2.16. The van der Waals surface area contributed by atoms with E-state index in [-0.39, 0.29) is 5.56 Å². The average molecular weight is 357 g/mol. The molecule has 0 atom stereocenters. The van der Waals surface area contributed by atoms with Crippen LogP contribution in [0.15, 0.2) is 67.0 Å². The van der Waals surface area contributed by atoms with Gasteiger partial charge in [0.25, 0.3) is 0 Å². The van der Waals surface area contributed by atoms with Gasteiger partial charge in [0, 0.05) is 24.2 Å². The van der Waals surface area contributed by atoms with E-state index in [1.54, 1.807) is 6.20 Å². The molecule has 4 aromatic rings. The smallest absolute Gasteiger partial charge is 0.336 e. The fraction of sp³-hybridized carbons (Fsp3) is 0.136. The largest absolute Gasteiger partial charge is 0.478 e. The van der Waals surface area contributed by atoms with Gasteiger partial charge in [-0.25, -0.2) is 4.79 Å². The fourth-order valence-corrected chi connectivity index (χ4v) is 3.32. The summed E-state index contributed by atoms with van der Waals surface area (Å²) in [5.41, 5.74) is 5.15. The van der Waals surface area contributed by atoms with Crippen molar-refractivity contribution in [2.75, 3.05) is 0 Å². The molecule has 0 aliphatic heterocycles. The van der Waals surface area contributed by atoms with Gasteiger partial charge in [-0.15, -0.1) is 0 Å². The quantitative estimate of drug-likeness (QED) is 0.584. The van der Waals surface area contributed by atoms with Crippen LogP contribution in [-0.2, 0) is 13.0 Å². The van der Waals surface area contributed by atoms with E-state index in [2.05, 4.69) is 35.3 Å². The molecule has 0 bridgehead atoms. The van der Waals surface area contributed by atoms with E-state index >= 15 is 0 Å². The molecule has 0 amide bonds. The molecule has 4 rings (SSSR count). The summed E-state index contributed by atoms with van der Waals surface area (Å²) in [6.07, 6.45) is 3.54. The van der Waals surface area contributed by atoms with Crippen molar-refractivity contribution in [1.29, 1.82) is 0 Å². The minimum Gasteiger partial charge on any atom is -0.478 e. The minimum atomic E-state index is -0.948. The standard InChI is InChI=1S/C22H19N3O2/c1-15-7-8-21-19(11-15)20(12-17-13-23-10-9-18(17)22(26)27)24-25(21)14-16-5-3-2-4-6-16/h2-11,13H,12,14H2,1H3,(H,26,27). The third-order valence-corrected chi connectivity index (χ3v) is 4.65. The average Bonchev–Trinajstić information content (AvgIpc) is 2.99. The molecule has 0 spiro atoms. The zero-order chi connectivity index (χ0) is 18.8. The van der Waals surface area contributed by atoms with Crippen LogP contribution in [0.4, 0.5) is 0 Å². The number of carboxylic acid groups (broad SMARTS) is 1. The predicted octanol–water partition coefficient (Wildman–Crippen LogP) is 4.08. The molecular formula is C22H19N3O2. The van der Waals surface area contributed by atoms with Gasteiger partial charge in [0.1, 0.15) is 0 Å². The Morgan fingerprint density at radius 2 is 1.93 bits per heavy atom. The Balaban J connectivity index is 1.79. The first-order valence-corrected chi connectivity index (χ1v) is 8.78. The second-order valence-corrected chi connectivity index (χ2v) is 6.63. The third-order valence-electron chi connectivity index (χ3n) is 4.65. The number of carbonyl (C=O) groups is 1. The summed E-state index contributed by atoms with van der Waals surface area (Å²) in [5.74, 6) is -0.948. The third kappa shape index (κ3) is 3.44. The Kier molecular flexibility index (Phi) is 4.42. The molecule has 0 saturated heterocycles. The van der Waals surface area contributed by atoms with Crippen molar-refractivity contribution in [2.24, 2.45) is 0 Å². The first-order valence-electron chi connectivity index (χ1n) is 8.78. The van der Waals surface area contributed by atoms with Crippen LogP contribution in [0.1, 0.15) is 32.7 Å². The summed E-state index contributed by atoms with van der Waals surface area (Å²) in [4.78, 5) is 15.6. The number of aryl methyl sites for hydroxylation is 1. The van der Waals surface area contributed by atoms with Gasteiger partial charge in [0.2, 0.25) is 0 Å². The summed E-state index contributed by atoms with van der Waals surface area (Å²) < 4.78 is 1.98. The number of hydrogen-bond donors (Lipinski definition) is 1. The van der Waals surface area contributed by atoms with Crippen molar-refractivity contribution in [1.82, 2.24) is 14.8 Å². The molecule has 0 aliphatic carbocycles. The van der Waals surface area contributed by atoms with E-state index in [1.165, 1.54) is 17.8 Å².